The topological polar surface area (TPSA) is 12.0 Å². The summed E-state index contributed by atoms with van der Waals surface area (Å²) in [4.78, 5) is 0. The van der Waals surface area contributed by atoms with Crippen LogP contribution in [0.5, 0.6) is 0 Å². The summed E-state index contributed by atoms with van der Waals surface area (Å²) >= 11 is 0. The molecule has 0 rings (SSSR count). The van der Waals surface area contributed by atoms with Gasteiger partial charge in [0.05, 0.1) is 0 Å². The lowest BCUT2D eigenvalue weighted by Gasteiger charge is -2.11. The Bertz CT molecular complexity index is 128. The van der Waals surface area contributed by atoms with Gasteiger partial charge in [-0.25, -0.2) is 0 Å². The summed E-state index contributed by atoms with van der Waals surface area (Å²) in [5.41, 5.74) is 0. The molecule has 1 nitrogen and oxygen atoms in total. The van der Waals surface area contributed by atoms with Crippen LogP contribution in [0.2, 0.25) is 0 Å². The maximum atomic E-state index is 3.33. The monoisotopic (exact) mass is 173 g/mol. The molecule has 66 valence electrons. The van der Waals surface area contributed by atoms with Gasteiger partial charge in [-0.15, -0.1) is 0 Å². The number of nitrogens with one attached hydrogen (secondary N) is 1. The molecule has 0 fully saturated rings. The fraction of sp³-hybridized carbons (Fsp3) is 0.778. The van der Waals surface area contributed by atoms with E-state index in [-0.39, 0.29) is 7.92 Å². The Labute approximate surface area is 72.0 Å². The molecule has 0 unspecified atom stereocenters. The van der Waals surface area contributed by atoms with Gasteiger partial charge in [-0.1, -0.05) is 14.8 Å². The highest BCUT2D eigenvalue weighted by molar-refractivity contribution is 7.60. The van der Waals surface area contributed by atoms with Crippen molar-refractivity contribution in [3.8, 4) is 0 Å². The molecule has 1 N–H and O–H groups in total. The van der Waals surface area contributed by atoms with Crippen LogP contribution in [0.4, 0.5) is 0 Å². The highest BCUT2D eigenvalue weighted by Gasteiger charge is 1.98. The lowest BCUT2D eigenvalue weighted by Crippen LogP contribution is -2.15. The number of hydrogen-bond donors (Lipinski definition) is 1. The van der Waals surface area contributed by atoms with Crippen LogP contribution in [0, 0.1) is 0 Å². The molecule has 11 heavy (non-hydrogen) atoms. The van der Waals surface area contributed by atoms with Gasteiger partial charge in [0.2, 0.25) is 0 Å². The third-order valence-electron chi connectivity index (χ3n) is 1.52. The zero-order valence-corrected chi connectivity index (χ0v) is 9.20. The van der Waals surface area contributed by atoms with E-state index < -0.39 is 0 Å². The fourth-order valence-corrected chi connectivity index (χ4v) is 1.78. The van der Waals surface area contributed by atoms with Crippen LogP contribution in [0.15, 0.2) is 11.5 Å². The van der Waals surface area contributed by atoms with Gasteiger partial charge in [0.25, 0.3) is 0 Å². The van der Waals surface area contributed by atoms with Crippen LogP contribution >= 0.6 is 7.92 Å². The molecule has 0 aliphatic carbocycles. The molecule has 0 radical (unpaired) electrons. The van der Waals surface area contributed by atoms with Crippen LogP contribution in [0.25, 0.3) is 0 Å². The van der Waals surface area contributed by atoms with Crippen LogP contribution < -0.4 is 5.32 Å². The standard InChI is InChI=1S/C9H20NP/c1-6-9(11(4)5)7-10-8(2)3/h7-8,10H,6H2,1-5H3/b9-7+. The average molecular weight is 173 g/mol. The van der Waals surface area contributed by atoms with Crippen molar-refractivity contribution >= 4 is 7.92 Å². The number of allylic oxidation sites excluding steroid dienone is 1. The molecular weight excluding hydrogens is 153 g/mol. The molecule has 0 saturated carbocycles. The average Bonchev–Trinajstić information content (AvgIpc) is 1.87. The van der Waals surface area contributed by atoms with E-state index in [9.17, 15) is 0 Å². The first-order valence-corrected chi connectivity index (χ1v) is 6.44. The minimum Gasteiger partial charge on any atom is -0.388 e. The minimum atomic E-state index is 0.104. The zero-order chi connectivity index (χ0) is 8.85. The Morgan fingerprint density at radius 2 is 2.00 bits per heavy atom. The summed E-state index contributed by atoms with van der Waals surface area (Å²) in [7, 11) is 0.104. The summed E-state index contributed by atoms with van der Waals surface area (Å²) < 4.78 is 0. The highest BCUT2D eigenvalue weighted by Crippen LogP contribution is 2.37. The normalized spacial score (nSPS) is 12.8. The van der Waals surface area contributed by atoms with E-state index in [1.165, 1.54) is 6.42 Å². The molecule has 0 saturated heterocycles. The Morgan fingerprint density at radius 1 is 1.45 bits per heavy atom. The SMILES string of the molecule is CC/C(=C\NC(C)C)P(C)C. The molecule has 0 aliphatic rings. The first-order chi connectivity index (χ1) is 5.07. The van der Waals surface area contributed by atoms with E-state index in [0.717, 1.165) is 0 Å². The van der Waals surface area contributed by atoms with E-state index >= 15 is 0 Å². The lowest BCUT2D eigenvalue weighted by atomic mass is 10.4. The molecule has 0 atom stereocenters. The van der Waals surface area contributed by atoms with Gasteiger partial charge in [-0.3, -0.25) is 0 Å². The minimum absolute atomic E-state index is 0.104. The van der Waals surface area contributed by atoms with Crippen LogP contribution in [-0.4, -0.2) is 19.4 Å². The maximum absolute atomic E-state index is 3.33. The molecule has 0 amide bonds. The predicted octanol–water partition coefficient (Wildman–Crippen LogP) is 2.98. The van der Waals surface area contributed by atoms with E-state index in [1.54, 1.807) is 5.31 Å². The first kappa shape index (κ1) is 11.0. The second-order valence-electron chi connectivity index (χ2n) is 3.21. The Hall–Kier alpha value is -0.0300. The van der Waals surface area contributed by atoms with E-state index in [2.05, 4.69) is 45.6 Å². The Balaban J connectivity index is 3.91. The Kier molecular flexibility index (Phi) is 5.58. The zero-order valence-electron chi connectivity index (χ0n) is 8.31. The second-order valence-corrected chi connectivity index (χ2v) is 5.57. The molecule has 0 aliphatic heterocycles. The van der Waals surface area contributed by atoms with Crippen molar-refractivity contribution in [3.63, 3.8) is 0 Å². The van der Waals surface area contributed by atoms with Crippen molar-refractivity contribution < 1.29 is 0 Å². The highest BCUT2D eigenvalue weighted by atomic mass is 31.1. The lowest BCUT2D eigenvalue weighted by molar-refractivity contribution is 0.699. The number of rotatable bonds is 4. The van der Waals surface area contributed by atoms with Crippen molar-refractivity contribution in [2.24, 2.45) is 0 Å². The molecular formula is C9H20NP. The first-order valence-electron chi connectivity index (χ1n) is 4.20. The second kappa shape index (κ2) is 5.60. The fourth-order valence-electron chi connectivity index (χ4n) is 0.810. The molecule has 0 bridgehead atoms. The summed E-state index contributed by atoms with van der Waals surface area (Å²) in [5.74, 6) is 0. The third kappa shape index (κ3) is 5.26. The Morgan fingerprint density at radius 3 is 2.27 bits per heavy atom. The van der Waals surface area contributed by atoms with Gasteiger partial charge in [-0.05, 0) is 38.9 Å². The summed E-state index contributed by atoms with van der Waals surface area (Å²) in [6.45, 7) is 11.1. The predicted molar refractivity (Wildman–Crippen MR) is 55.4 cm³/mol. The molecule has 2 heteroatoms. The smallest absolute Gasteiger partial charge is 0.0199 e. The molecule has 0 aromatic heterocycles. The van der Waals surface area contributed by atoms with Crippen molar-refractivity contribution in [2.45, 2.75) is 33.2 Å². The van der Waals surface area contributed by atoms with Gasteiger partial charge in [0.15, 0.2) is 0 Å². The number of hydrogen-bond acceptors (Lipinski definition) is 1. The summed E-state index contributed by atoms with van der Waals surface area (Å²) in [6.07, 6.45) is 3.37. The van der Waals surface area contributed by atoms with E-state index in [0.29, 0.717) is 6.04 Å². The molecule has 0 heterocycles. The van der Waals surface area contributed by atoms with Crippen molar-refractivity contribution in [1.82, 2.24) is 5.32 Å². The van der Waals surface area contributed by atoms with E-state index in [4.69, 9.17) is 0 Å². The van der Waals surface area contributed by atoms with Gasteiger partial charge in [0, 0.05) is 12.2 Å². The van der Waals surface area contributed by atoms with Crippen molar-refractivity contribution in [2.75, 3.05) is 13.3 Å². The molecule has 0 spiro atoms. The van der Waals surface area contributed by atoms with Crippen molar-refractivity contribution in [1.29, 1.82) is 0 Å². The van der Waals surface area contributed by atoms with E-state index in [1.807, 2.05) is 0 Å². The molecule has 0 aromatic carbocycles. The van der Waals surface area contributed by atoms with Crippen molar-refractivity contribution in [3.05, 3.63) is 11.5 Å². The largest absolute Gasteiger partial charge is 0.388 e. The molecule has 0 aromatic rings. The third-order valence-corrected chi connectivity index (χ3v) is 3.11. The summed E-state index contributed by atoms with van der Waals surface area (Å²) in [6, 6.07) is 0.562. The van der Waals surface area contributed by atoms with Gasteiger partial charge in [0.1, 0.15) is 0 Å². The summed E-state index contributed by atoms with van der Waals surface area (Å²) in [5, 5.41) is 4.90. The maximum Gasteiger partial charge on any atom is 0.0199 e. The van der Waals surface area contributed by atoms with Gasteiger partial charge < -0.3 is 5.32 Å². The van der Waals surface area contributed by atoms with Crippen LogP contribution in [0.3, 0.4) is 0 Å². The van der Waals surface area contributed by atoms with Crippen LogP contribution in [-0.2, 0) is 0 Å². The van der Waals surface area contributed by atoms with Crippen LogP contribution in [0.1, 0.15) is 27.2 Å². The van der Waals surface area contributed by atoms with Gasteiger partial charge in [-0.2, -0.15) is 0 Å². The van der Waals surface area contributed by atoms with Gasteiger partial charge >= 0.3 is 0 Å². The quantitative estimate of drug-likeness (QED) is 0.644.